The smallest absolute Gasteiger partial charge is 0.264 e. The minimum Gasteiger partial charge on any atom is -0.392 e. The Morgan fingerprint density at radius 3 is 2.42 bits per heavy atom. The summed E-state index contributed by atoms with van der Waals surface area (Å²) in [6, 6.07) is 33.5. The quantitative estimate of drug-likeness (QED) is 0.171. The van der Waals surface area contributed by atoms with E-state index in [1.165, 1.54) is 11.8 Å². The number of ether oxygens (including phenoxy) is 2. The van der Waals surface area contributed by atoms with Crippen molar-refractivity contribution in [3.05, 3.63) is 138 Å². The molecule has 1 fully saturated rings. The van der Waals surface area contributed by atoms with Gasteiger partial charge in [-0.15, -0.1) is 5.10 Å². The highest BCUT2D eigenvalue weighted by molar-refractivity contribution is 7.99. The molecule has 1 saturated heterocycles. The van der Waals surface area contributed by atoms with E-state index in [0.717, 1.165) is 22.1 Å². The highest BCUT2D eigenvalue weighted by Gasteiger charge is 2.42. The number of fused-ring (bicyclic) bond motifs is 1. The van der Waals surface area contributed by atoms with Gasteiger partial charge >= 0.3 is 0 Å². The van der Waals surface area contributed by atoms with Gasteiger partial charge in [-0.25, -0.2) is 13.1 Å². The number of aliphatic hydroxyl groups excluding tert-OH is 1. The van der Waals surface area contributed by atoms with Crippen LogP contribution in [0.25, 0.3) is 10.9 Å². The Morgan fingerprint density at radius 1 is 0.875 bits per heavy atom. The van der Waals surface area contributed by atoms with E-state index in [2.05, 4.69) is 37.4 Å². The number of benzene rings is 4. The molecule has 4 aromatic carbocycles. The Bertz CT molecular complexity index is 2120. The van der Waals surface area contributed by atoms with Crippen molar-refractivity contribution in [2.75, 3.05) is 10.5 Å². The molecule has 0 amide bonds. The van der Waals surface area contributed by atoms with Gasteiger partial charge in [0.2, 0.25) is 5.16 Å². The molecule has 11 nitrogen and oxygen atoms in total. The van der Waals surface area contributed by atoms with Crippen LogP contribution in [0.4, 0.5) is 5.69 Å². The zero-order valence-corrected chi connectivity index (χ0v) is 27.5. The number of sulfonamides is 1. The van der Waals surface area contributed by atoms with Crippen molar-refractivity contribution >= 4 is 38.4 Å². The molecule has 7 rings (SSSR count). The summed E-state index contributed by atoms with van der Waals surface area (Å²) in [5.41, 5.74) is 4.15. The van der Waals surface area contributed by atoms with E-state index in [1.807, 2.05) is 60.7 Å². The van der Waals surface area contributed by atoms with E-state index in [9.17, 15) is 13.5 Å². The Labute approximate surface area is 282 Å². The number of hydrogen-bond donors (Lipinski definition) is 2. The zero-order chi connectivity index (χ0) is 33.1. The number of tetrazole rings is 1. The second-order valence-corrected chi connectivity index (χ2v) is 14.0. The first-order chi connectivity index (χ1) is 23.4. The average molecular weight is 681 g/mol. The molecule has 0 radical (unpaired) electrons. The maximum Gasteiger partial charge on any atom is 0.264 e. The number of nitrogens with zero attached hydrogens (tertiary/aromatic N) is 5. The second-order valence-electron chi connectivity index (χ2n) is 11.4. The SMILES string of the molecule is Cn1nnnc1SC[C@H]1OC(c2cccc(NS(=O)(=O)c3cccc4cccnc34)c2)O[C@@H](c2ccc(CO)cc2)[C@@H]1c1ccccc1. The third-order valence-corrected chi connectivity index (χ3v) is 10.7. The molecule has 244 valence electrons. The summed E-state index contributed by atoms with van der Waals surface area (Å²) in [6.45, 7) is -0.0673. The van der Waals surface area contributed by atoms with Gasteiger partial charge in [0.05, 0.1) is 24.3 Å². The lowest BCUT2D eigenvalue weighted by molar-refractivity contribution is -0.255. The predicted molar refractivity (Wildman–Crippen MR) is 182 cm³/mol. The molecule has 0 spiro atoms. The number of thioether (sulfide) groups is 1. The van der Waals surface area contributed by atoms with Gasteiger partial charge in [-0.05, 0) is 51.4 Å². The minimum atomic E-state index is -3.98. The Hall–Kier alpha value is -4.66. The van der Waals surface area contributed by atoms with E-state index in [0.29, 0.717) is 27.7 Å². The van der Waals surface area contributed by atoms with E-state index >= 15 is 0 Å². The maximum atomic E-state index is 13.6. The number of aryl methyl sites for hydroxylation is 1. The summed E-state index contributed by atoms with van der Waals surface area (Å²) in [7, 11) is -2.19. The van der Waals surface area contributed by atoms with Crippen molar-refractivity contribution in [3.63, 3.8) is 0 Å². The lowest BCUT2D eigenvalue weighted by atomic mass is 9.84. The summed E-state index contributed by atoms with van der Waals surface area (Å²) >= 11 is 1.48. The summed E-state index contributed by atoms with van der Waals surface area (Å²) < 4.78 is 45.1. The van der Waals surface area contributed by atoms with E-state index < -0.39 is 22.4 Å². The largest absolute Gasteiger partial charge is 0.392 e. The highest BCUT2D eigenvalue weighted by atomic mass is 32.2. The topological polar surface area (TPSA) is 141 Å². The minimum absolute atomic E-state index is 0.0673. The van der Waals surface area contributed by atoms with Crippen LogP contribution in [0, 0.1) is 0 Å². The van der Waals surface area contributed by atoms with Crippen molar-refractivity contribution in [1.82, 2.24) is 25.2 Å². The predicted octanol–water partition coefficient (Wildman–Crippen LogP) is 5.78. The van der Waals surface area contributed by atoms with Crippen molar-refractivity contribution in [2.45, 2.75) is 41.1 Å². The van der Waals surface area contributed by atoms with Gasteiger partial charge in [-0.2, -0.15) is 0 Å². The summed E-state index contributed by atoms with van der Waals surface area (Å²) in [5.74, 6) is 0.302. The standard InChI is InChI=1S/C35H32N6O5S2/c1-41-35(37-39-40-41)47-22-29-31(24-8-3-2-4-9-24)33(26-17-15-23(21-42)16-18-26)46-34(45-29)27-11-5-13-28(20-27)38-48(43,44)30-14-6-10-25-12-7-19-36-32(25)30/h2-20,29,31,33-34,38,42H,21-22H2,1H3/t29-,31-,33+,34?/m1/s1. The average Bonchev–Trinajstić information content (AvgIpc) is 3.54. The maximum absolute atomic E-state index is 13.6. The van der Waals surface area contributed by atoms with Gasteiger partial charge in [0, 0.05) is 41.6 Å². The van der Waals surface area contributed by atoms with Crippen molar-refractivity contribution in [2.24, 2.45) is 7.05 Å². The van der Waals surface area contributed by atoms with Crippen molar-refractivity contribution in [3.8, 4) is 0 Å². The lowest BCUT2D eigenvalue weighted by Gasteiger charge is -2.43. The number of nitrogens with one attached hydrogen (secondary N) is 1. The number of rotatable bonds is 10. The summed E-state index contributed by atoms with van der Waals surface area (Å²) in [4.78, 5) is 4.41. The lowest BCUT2D eigenvalue weighted by Crippen LogP contribution is -2.38. The number of hydrogen-bond acceptors (Lipinski definition) is 10. The van der Waals surface area contributed by atoms with Crippen LogP contribution in [0.2, 0.25) is 0 Å². The third kappa shape index (κ3) is 6.68. The highest BCUT2D eigenvalue weighted by Crippen LogP contribution is 2.48. The van der Waals surface area contributed by atoms with Crippen LogP contribution in [-0.2, 0) is 33.2 Å². The molecule has 1 aliphatic rings. The van der Waals surface area contributed by atoms with Gasteiger partial charge in [0.25, 0.3) is 10.0 Å². The summed E-state index contributed by atoms with van der Waals surface area (Å²) in [6.07, 6.45) is -0.0627. The number of para-hydroxylation sites is 1. The fraction of sp³-hybridized carbons (Fsp3) is 0.200. The fourth-order valence-electron chi connectivity index (χ4n) is 5.90. The van der Waals surface area contributed by atoms with Gasteiger partial charge in [-0.1, -0.05) is 96.7 Å². The monoisotopic (exact) mass is 680 g/mol. The normalized spacial score (nSPS) is 19.7. The molecule has 3 heterocycles. The first-order valence-corrected chi connectivity index (χ1v) is 17.7. The number of pyridine rings is 1. The molecular weight excluding hydrogens is 649 g/mol. The molecule has 0 bridgehead atoms. The van der Waals surface area contributed by atoms with Crippen LogP contribution in [0.1, 0.15) is 40.6 Å². The fourth-order valence-corrected chi connectivity index (χ4v) is 8.05. The number of aliphatic hydroxyl groups is 1. The van der Waals surface area contributed by atoms with Gasteiger partial charge in [0.1, 0.15) is 4.90 Å². The van der Waals surface area contributed by atoms with E-state index in [-0.39, 0.29) is 23.5 Å². The van der Waals surface area contributed by atoms with Crippen LogP contribution in [0.3, 0.4) is 0 Å². The van der Waals surface area contributed by atoms with E-state index in [4.69, 9.17) is 9.47 Å². The molecule has 6 aromatic rings. The molecule has 2 aromatic heterocycles. The Morgan fingerprint density at radius 2 is 1.65 bits per heavy atom. The molecule has 2 N–H and O–H groups in total. The van der Waals surface area contributed by atoms with Gasteiger partial charge in [-0.3, -0.25) is 9.71 Å². The number of aromatic nitrogens is 5. The molecule has 48 heavy (non-hydrogen) atoms. The molecule has 0 aliphatic carbocycles. The van der Waals surface area contributed by atoms with Gasteiger partial charge < -0.3 is 14.6 Å². The van der Waals surface area contributed by atoms with Crippen LogP contribution >= 0.6 is 11.8 Å². The zero-order valence-electron chi connectivity index (χ0n) is 25.8. The molecular formula is C35H32N6O5S2. The third-order valence-electron chi connectivity index (χ3n) is 8.22. The molecule has 1 unspecified atom stereocenters. The van der Waals surface area contributed by atoms with Crippen LogP contribution in [0.15, 0.2) is 125 Å². The summed E-state index contributed by atoms with van der Waals surface area (Å²) in [5, 5.41) is 23.0. The van der Waals surface area contributed by atoms with Crippen molar-refractivity contribution in [1.29, 1.82) is 0 Å². The Kier molecular flexibility index (Phi) is 9.19. The number of anilines is 1. The van der Waals surface area contributed by atoms with Crippen LogP contribution < -0.4 is 4.72 Å². The molecule has 0 saturated carbocycles. The molecule has 1 aliphatic heterocycles. The van der Waals surface area contributed by atoms with Crippen molar-refractivity contribution < 1.29 is 23.0 Å². The molecule has 13 heteroatoms. The van der Waals surface area contributed by atoms with E-state index in [1.54, 1.807) is 54.3 Å². The first-order valence-electron chi connectivity index (χ1n) is 15.3. The van der Waals surface area contributed by atoms with Crippen LogP contribution in [0.5, 0.6) is 0 Å². The Balaban J connectivity index is 1.24. The first kappa shape index (κ1) is 31.9. The van der Waals surface area contributed by atoms with Crippen LogP contribution in [-0.4, -0.2) is 50.6 Å². The second kappa shape index (κ2) is 13.8. The van der Waals surface area contributed by atoms with Gasteiger partial charge in [0.15, 0.2) is 6.29 Å². The molecule has 4 atom stereocenters.